The quantitative estimate of drug-likeness (QED) is 0.542. The zero-order chi connectivity index (χ0) is 8.10. The number of hydrogen-bond donors (Lipinski definition) is 0. The molecule has 0 saturated carbocycles. The maximum absolute atomic E-state index is 5.44. The van der Waals surface area contributed by atoms with Crippen LogP contribution in [0.3, 0.4) is 0 Å². The van der Waals surface area contributed by atoms with Gasteiger partial charge in [-0.1, -0.05) is 6.58 Å². The van der Waals surface area contributed by atoms with E-state index in [1.807, 2.05) is 6.20 Å². The van der Waals surface area contributed by atoms with Gasteiger partial charge in [-0.15, -0.1) is 0 Å². The predicted octanol–water partition coefficient (Wildman–Crippen LogP) is 0.477. The van der Waals surface area contributed by atoms with Gasteiger partial charge in [-0.25, -0.2) is 0 Å². The Kier molecular flexibility index (Phi) is 3.39. The standard InChI is InChI=1S/C8H15NO2/c1-3-9-6-8(7-9)11-5-4-10-2/h3,8H,1,4-7H2,2H3. The average Bonchev–Trinajstić information content (AvgIpc) is 1.94. The van der Waals surface area contributed by atoms with Crippen LogP contribution in [0.5, 0.6) is 0 Å². The van der Waals surface area contributed by atoms with Gasteiger partial charge in [-0.3, -0.25) is 0 Å². The van der Waals surface area contributed by atoms with Gasteiger partial charge >= 0.3 is 0 Å². The first-order valence-electron chi connectivity index (χ1n) is 3.84. The fourth-order valence-corrected chi connectivity index (χ4v) is 1.02. The van der Waals surface area contributed by atoms with E-state index >= 15 is 0 Å². The van der Waals surface area contributed by atoms with Crippen molar-refractivity contribution in [2.75, 3.05) is 33.4 Å². The maximum atomic E-state index is 5.44. The maximum Gasteiger partial charge on any atom is 0.0925 e. The number of ether oxygens (including phenoxy) is 2. The SMILES string of the molecule is C=CN1CC(OCCOC)C1. The fraction of sp³-hybridized carbons (Fsp3) is 0.750. The van der Waals surface area contributed by atoms with Gasteiger partial charge < -0.3 is 14.4 Å². The van der Waals surface area contributed by atoms with Crippen LogP contribution in [0.2, 0.25) is 0 Å². The van der Waals surface area contributed by atoms with E-state index in [4.69, 9.17) is 9.47 Å². The molecule has 0 spiro atoms. The molecule has 0 aromatic rings. The molecule has 1 saturated heterocycles. The van der Waals surface area contributed by atoms with Crippen LogP contribution >= 0.6 is 0 Å². The number of hydrogen-bond acceptors (Lipinski definition) is 3. The van der Waals surface area contributed by atoms with E-state index in [2.05, 4.69) is 11.5 Å². The summed E-state index contributed by atoms with van der Waals surface area (Å²) in [5.74, 6) is 0. The minimum atomic E-state index is 0.392. The Morgan fingerprint density at radius 3 is 2.82 bits per heavy atom. The van der Waals surface area contributed by atoms with E-state index in [0.717, 1.165) is 13.1 Å². The molecule has 0 aliphatic carbocycles. The van der Waals surface area contributed by atoms with Gasteiger partial charge in [0.25, 0.3) is 0 Å². The molecule has 1 aliphatic heterocycles. The van der Waals surface area contributed by atoms with E-state index in [1.54, 1.807) is 7.11 Å². The lowest BCUT2D eigenvalue weighted by molar-refractivity contribution is -0.0497. The Hall–Kier alpha value is -0.540. The number of methoxy groups -OCH3 is 1. The van der Waals surface area contributed by atoms with Crippen molar-refractivity contribution in [3.63, 3.8) is 0 Å². The van der Waals surface area contributed by atoms with E-state index in [1.165, 1.54) is 0 Å². The smallest absolute Gasteiger partial charge is 0.0925 e. The van der Waals surface area contributed by atoms with E-state index in [-0.39, 0.29) is 0 Å². The van der Waals surface area contributed by atoms with Gasteiger partial charge in [-0.2, -0.15) is 0 Å². The van der Waals surface area contributed by atoms with E-state index in [9.17, 15) is 0 Å². The van der Waals surface area contributed by atoms with Gasteiger partial charge in [0.15, 0.2) is 0 Å². The highest BCUT2D eigenvalue weighted by atomic mass is 16.5. The van der Waals surface area contributed by atoms with Crippen LogP contribution in [-0.4, -0.2) is 44.4 Å². The van der Waals surface area contributed by atoms with Crippen molar-refractivity contribution in [1.82, 2.24) is 4.90 Å². The highest BCUT2D eigenvalue weighted by Gasteiger charge is 2.23. The van der Waals surface area contributed by atoms with Gasteiger partial charge in [0, 0.05) is 20.2 Å². The van der Waals surface area contributed by atoms with Crippen LogP contribution in [0.15, 0.2) is 12.8 Å². The van der Waals surface area contributed by atoms with Gasteiger partial charge in [0.2, 0.25) is 0 Å². The second kappa shape index (κ2) is 4.36. The lowest BCUT2D eigenvalue weighted by Crippen LogP contribution is -2.49. The molecule has 0 aromatic heterocycles. The second-order valence-electron chi connectivity index (χ2n) is 2.62. The summed E-state index contributed by atoms with van der Waals surface area (Å²) in [6.45, 7) is 7.00. The summed E-state index contributed by atoms with van der Waals surface area (Å²) < 4.78 is 10.3. The van der Waals surface area contributed by atoms with Crippen LogP contribution < -0.4 is 0 Å². The molecule has 11 heavy (non-hydrogen) atoms. The first-order valence-corrected chi connectivity index (χ1v) is 3.84. The first kappa shape index (κ1) is 8.56. The monoisotopic (exact) mass is 157 g/mol. The average molecular weight is 157 g/mol. The summed E-state index contributed by atoms with van der Waals surface area (Å²) in [7, 11) is 1.68. The lowest BCUT2D eigenvalue weighted by Gasteiger charge is -2.37. The fourth-order valence-electron chi connectivity index (χ4n) is 1.02. The molecule has 1 aliphatic rings. The third kappa shape index (κ3) is 2.52. The van der Waals surface area contributed by atoms with Crippen LogP contribution in [-0.2, 0) is 9.47 Å². The molecule has 1 fully saturated rings. The molecule has 0 atom stereocenters. The van der Waals surface area contributed by atoms with Crippen molar-refractivity contribution in [1.29, 1.82) is 0 Å². The molecule has 3 nitrogen and oxygen atoms in total. The molecule has 0 unspecified atom stereocenters. The Morgan fingerprint density at radius 1 is 1.55 bits per heavy atom. The summed E-state index contributed by atoms with van der Waals surface area (Å²) in [5.41, 5.74) is 0. The van der Waals surface area contributed by atoms with Crippen LogP contribution in [0.4, 0.5) is 0 Å². The third-order valence-corrected chi connectivity index (χ3v) is 1.78. The zero-order valence-corrected chi connectivity index (χ0v) is 6.95. The molecule has 1 heterocycles. The topological polar surface area (TPSA) is 21.7 Å². The van der Waals surface area contributed by atoms with Crippen molar-refractivity contribution < 1.29 is 9.47 Å². The van der Waals surface area contributed by atoms with Gasteiger partial charge in [-0.05, 0) is 6.20 Å². The molecular formula is C8H15NO2. The number of rotatable bonds is 5. The van der Waals surface area contributed by atoms with Crippen molar-refractivity contribution >= 4 is 0 Å². The molecule has 0 N–H and O–H groups in total. The first-order chi connectivity index (χ1) is 5.36. The highest BCUT2D eigenvalue weighted by Crippen LogP contribution is 2.10. The third-order valence-electron chi connectivity index (χ3n) is 1.78. The van der Waals surface area contributed by atoms with E-state index in [0.29, 0.717) is 19.3 Å². The number of nitrogens with zero attached hydrogens (tertiary/aromatic N) is 1. The Bertz CT molecular complexity index is 121. The van der Waals surface area contributed by atoms with Gasteiger partial charge in [0.1, 0.15) is 0 Å². The Labute approximate surface area is 67.6 Å². The van der Waals surface area contributed by atoms with Gasteiger partial charge in [0.05, 0.1) is 19.3 Å². The summed E-state index contributed by atoms with van der Waals surface area (Å²) in [6.07, 6.45) is 2.24. The molecule has 0 radical (unpaired) electrons. The van der Waals surface area contributed by atoms with Crippen LogP contribution in [0, 0.1) is 0 Å². The number of likely N-dealkylation sites (tertiary alicyclic amines) is 1. The van der Waals surface area contributed by atoms with Crippen molar-refractivity contribution in [2.24, 2.45) is 0 Å². The molecule has 1 rings (SSSR count). The van der Waals surface area contributed by atoms with Crippen LogP contribution in [0.25, 0.3) is 0 Å². The molecule has 0 bridgehead atoms. The zero-order valence-electron chi connectivity index (χ0n) is 6.95. The minimum absolute atomic E-state index is 0.392. The second-order valence-corrected chi connectivity index (χ2v) is 2.62. The minimum Gasteiger partial charge on any atom is -0.382 e. The van der Waals surface area contributed by atoms with Crippen molar-refractivity contribution in [3.8, 4) is 0 Å². The normalized spacial score (nSPS) is 18.1. The Balaban J connectivity index is 1.91. The van der Waals surface area contributed by atoms with Crippen molar-refractivity contribution in [2.45, 2.75) is 6.10 Å². The summed E-state index contributed by atoms with van der Waals surface area (Å²) in [5, 5.41) is 0. The lowest BCUT2D eigenvalue weighted by atomic mass is 10.2. The highest BCUT2D eigenvalue weighted by molar-refractivity contribution is 4.86. The Morgan fingerprint density at radius 2 is 2.27 bits per heavy atom. The molecule has 3 heteroatoms. The van der Waals surface area contributed by atoms with Crippen LogP contribution in [0.1, 0.15) is 0 Å². The molecule has 0 amide bonds. The summed E-state index contributed by atoms with van der Waals surface area (Å²) in [6, 6.07) is 0. The molecular weight excluding hydrogens is 142 g/mol. The summed E-state index contributed by atoms with van der Waals surface area (Å²) in [4.78, 5) is 2.12. The van der Waals surface area contributed by atoms with Crippen molar-refractivity contribution in [3.05, 3.63) is 12.8 Å². The van der Waals surface area contributed by atoms with E-state index < -0.39 is 0 Å². The molecule has 64 valence electrons. The predicted molar refractivity (Wildman–Crippen MR) is 43.4 cm³/mol. The molecule has 0 aromatic carbocycles. The summed E-state index contributed by atoms with van der Waals surface area (Å²) >= 11 is 0. The largest absolute Gasteiger partial charge is 0.382 e.